The van der Waals surface area contributed by atoms with Gasteiger partial charge in [0.15, 0.2) is 0 Å². The van der Waals surface area contributed by atoms with Crippen LogP contribution in [0.3, 0.4) is 0 Å². The molecule has 1 N–H and O–H groups in total. The van der Waals surface area contributed by atoms with Crippen LogP contribution in [-0.4, -0.2) is 11.6 Å². The fourth-order valence-corrected chi connectivity index (χ4v) is 2.49. The van der Waals surface area contributed by atoms with Crippen LogP contribution in [-0.2, 0) is 13.1 Å². The Balaban J connectivity index is 0.00000220. The molecule has 2 aromatic rings. The Morgan fingerprint density at radius 1 is 1.24 bits per heavy atom. The number of hydrogen-bond acceptors (Lipinski definition) is 3. The number of pyridine rings is 1. The first-order valence-corrected chi connectivity index (χ1v) is 7.16. The number of hydrogen-bond donors (Lipinski definition) is 1. The van der Waals surface area contributed by atoms with Crippen LogP contribution in [0.2, 0.25) is 10.0 Å². The maximum Gasteiger partial charge on any atom is 0.142 e. The van der Waals surface area contributed by atoms with Crippen molar-refractivity contribution >= 4 is 35.6 Å². The summed E-state index contributed by atoms with van der Waals surface area (Å²) in [5.74, 6) is 0.692. The lowest BCUT2D eigenvalue weighted by atomic mass is 10.2. The maximum atomic E-state index is 6.16. The average molecular weight is 348 g/mol. The fourth-order valence-electron chi connectivity index (χ4n) is 1.90. The molecule has 1 aromatic carbocycles. The van der Waals surface area contributed by atoms with Gasteiger partial charge in [0.05, 0.1) is 11.6 Å². The van der Waals surface area contributed by atoms with E-state index < -0.39 is 0 Å². The van der Waals surface area contributed by atoms with Gasteiger partial charge in [-0.05, 0) is 30.7 Å². The van der Waals surface area contributed by atoms with Crippen molar-refractivity contribution in [1.82, 2.24) is 10.3 Å². The van der Waals surface area contributed by atoms with Gasteiger partial charge in [0, 0.05) is 36.1 Å². The molecular weight excluding hydrogens is 331 g/mol. The Morgan fingerprint density at radius 3 is 2.71 bits per heavy atom. The normalized spacial score (nSPS) is 10.0. The SMILES string of the molecule is CCOc1c(Cl)cc(Cl)cc1CNCc1cccnc1.Cl. The first kappa shape index (κ1) is 18.1. The van der Waals surface area contributed by atoms with E-state index in [1.54, 1.807) is 12.3 Å². The molecule has 0 spiro atoms. The van der Waals surface area contributed by atoms with E-state index in [1.807, 2.05) is 31.3 Å². The Labute approximate surface area is 141 Å². The molecule has 0 aliphatic heterocycles. The zero-order valence-corrected chi connectivity index (χ0v) is 13.9. The van der Waals surface area contributed by atoms with E-state index in [9.17, 15) is 0 Å². The molecule has 3 nitrogen and oxygen atoms in total. The number of ether oxygens (including phenoxy) is 1. The minimum atomic E-state index is 0. The first-order valence-electron chi connectivity index (χ1n) is 6.41. The van der Waals surface area contributed by atoms with Crippen molar-refractivity contribution < 1.29 is 4.74 Å². The molecule has 1 aromatic heterocycles. The molecule has 1 heterocycles. The number of rotatable bonds is 6. The number of aromatic nitrogens is 1. The Bertz CT molecular complexity index is 564. The van der Waals surface area contributed by atoms with E-state index in [-0.39, 0.29) is 12.4 Å². The van der Waals surface area contributed by atoms with Crippen LogP contribution in [0.15, 0.2) is 36.7 Å². The second-order valence-electron chi connectivity index (χ2n) is 4.27. The lowest BCUT2D eigenvalue weighted by Crippen LogP contribution is -2.14. The second kappa shape index (κ2) is 9.11. The molecule has 0 unspecified atom stereocenters. The van der Waals surface area contributed by atoms with Crippen molar-refractivity contribution in [1.29, 1.82) is 0 Å². The molecule has 114 valence electrons. The lowest BCUT2D eigenvalue weighted by molar-refractivity contribution is 0.335. The largest absolute Gasteiger partial charge is 0.492 e. The van der Waals surface area contributed by atoms with E-state index in [4.69, 9.17) is 27.9 Å². The van der Waals surface area contributed by atoms with Gasteiger partial charge in [-0.25, -0.2) is 0 Å². The molecule has 0 amide bonds. The monoisotopic (exact) mass is 346 g/mol. The summed E-state index contributed by atoms with van der Waals surface area (Å²) in [7, 11) is 0. The van der Waals surface area contributed by atoms with Gasteiger partial charge < -0.3 is 10.1 Å². The molecule has 0 saturated heterocycles. The molecule has 0 aliphatic rings. The van der Waals surface area contributed by atoms with Crippen LogP contribution in [0.1, 0.15) is 18.1 Å². The Morgan fingerprint density at radius 2 is 2.05 bits per heavy atom. The highest BCUT2D eigenvalue weighted by Gasteiger charge is 2.10. The summed E-state index contributed by atoms with van der Waals surface area (Å²) in [6.45, 7) is 3.85. The van der Waals surface area contributed by atoms with Crippen molar-refractivity contribution in [3.8, 4) is 5.75 Å². The van der Waals surface area contributed by atoms with Crippen LogP contribution in [0.5, 0.6) is 5.75 Å². The molecule has 21 heavy (non-hydrogen) atoms. The summed E-state index contributed by atoms with van der Waals surface area (Å²) in [5, 5.41) is 4.48. The van der Waals surface area contributed by atoms with Crippen LogP contribution >= 0.6 is 35.6 Å². The standard InChI is InChI=1S/C15H16Cl2N2O.ClH/c1-2-20-15-12(6-13(16)7-14(15)17)10-19-9-11-4-3-5-18-8-11;/h3-8,19H,2,9-10H2,1H3;1H. The third-order valence-electron chi connectivity index (χ3n) is 2.74. The highest BCUT2D eigenvalue weighted by atomic mass is 35.5. The van der Waals surface area contributed by atoms with Gasteiger partial charge in [0.25, 0.3) is 0 Å². The van der Waals surface area contributed by atoms with Gasteiger partial charge in [0.1, 0.15) is 5.75 Å². The zero-order chi connectivity index (χ0) is 14.4. The van der Waals surface area contributed by atoms with Crippen molar-refractivity contribution in [2.75, 3.05) is 6.61 Å². The molecule has 6 heteroatoms. The van der Waals surface area contributed by atoms with Crippen LogP contribution in [0.25, 0.3) is 0 Å². The number of benzene rings is 1. The smallest absolute Gasteiger partial charge is 0.142 e. The van der Waals surface area contributed by atoms with Crippen LogP contribution < -0.4 is 10.1 Å². The van der Waals surface area contributed by atoms with Crippen molar-refractivity contribution in [3.63, 3.8) is 0 Å². The van der Waals surface area contributed by atoms with Crippen molar-refractivity contribution in [3.05, 3.63) is 57.8 Å². The van der Waals surface area contributed by atoms with Gasteiger partial charge in [0.2, 0.25) is 0 Å². The Hall–Kier alpha value is -1.00. The number of halogens is 3. The molecule has 2 rings (SSSR count). The van der Waals surface area contributed by atoms with Gasteiger partial charge in [-0.2, -0.15) is 0 Å². The van der Waals surface area contributed by atoms with E-state index in [0.29, 0.717) is 28.9 Å². The molecule has 0 radical (unpaired) electrons. The van der Waals surface area contributed by atoms with Crippen LogP contribution in [0, 0.1) is 0 Å². The van der Waals surface area contributed by atoms with Gasteiger partial charge in [-0.15, -0.1) is 12.4 Å². The minimum absolute atomic E-state index is 0. The maximum absolute atomic E-state index is 6.16. The summed E-state index contributed by atoms with van der Waals surface area (Å²) >= 11 is 12.2. The van der Waals surface area contributed by atoms with E-state index in [2.05, 4.69) is 10.3 Å². The van der Waals surface area contributed by atoms with Gasteiger partial charge >= 0.3 is 0 Å². The molecule has 0 bridgehead atoms. The molecular formula is C15H17Cl3N2O. The average Bonchev–Trinajstić information content (AvgIpc) is 2.43. The molecule has 0 saturated carbocycles. The van der Waals surface area contributed by atoms with E-state index in [0.717, 1.165) is 17.7 Å². The molecule has 0 aliphatic carbocycles. The zero-order valence-electron chi connectivity index (χ0n) is 11.6. The Kier molecular flexibility index (Phi) is 7.83. The lowest BCUT2D eigenvalue weighted by Gasteiger charge is -2.13. The van der Waals surface area contributed by atoms with Gasteiger partial charge in [-0.3, -0.25) is 4.98 Å². The highest BCUT2D eigenvalue weighted by Crippen LogP contribution is 2.32. The quantitative estimate of drug-likeness (QED) is 0.835. The summed E-state index contributed by atoms with van der Waals surface area (Å²) in [4.78, 5) is 4.08. The summed E-state index contributed by atoms with van der Waals surface area (Å²) in [6.07, 6.45) is 3.59. The summed E-state index contributed by atoms with van der Waals surface area (Å²) in [5.41, 5.74) is 2.08. The fraction of sp³-hybridized carbons (Fsp3) is 0.267. The van der Waals surface area contributed by atoms with Crippen LogP contribution in [0.4, 0.5) is 0 Å². The van der Waals surface area contributed by atoms with E-state index in [1.165, 1.54) is 0 Å². The highest BCUT2D eigenvalue weighted by molar-refractivity contribution is 6.35. The van der Waals surface area contributed by atoms with Crippen molar-refractivity contribution in [2.45, 2.75) is 20.0 Å². The van der Waals surface area contributed by atoms with E-state index >= 15 is 0 Å². The van der Waals surface area contributed by atoms with Crippen molar-refractivity contribution in [2.24, 2.45) is 0 Å². The molecule has 0 fully saturated rings. The van der Waals surface area contributed by atoms with Gasteiger partial charge in [-0.1, -0.05) is 29.3 Å². The topological polar surface area (TPSA) is 34.1 Å². The third-order valence-corrected chi connectivity index (χ3v) is 3.24. The molecule has 0 atom stereocenters. The predicted octanol–water partition coefficient (Wildman–Crippen LogP) is 4.50. The predicted molar refractivity (Wildman–Crippen MR) is 89.7 cm³/mol. The third kappa shape index (κ3) is 5.36. The minimum Gasteiger partial charge on any atom is -0.492 e. The number of nitrogens with zero attached hydrogens (tertiary/aromatic N) is 1. The summed E-state index contributed by atoms with van der Waals surface area (Å²) < 4.78 is 5.58. The second-order valence-corrected chi connectivity index (χ2v) is 5.12. The first-order chi connectivity index (χ1) is 9.70. The number of nitrogens with one attached hydrogen (secondary N) is 1. The summed E-state index contributed by atoms with van der Waals surface area (Å²) in [6, 6.07) is 7.50.